The van der Waals surface area contributed by atoms with Gasteiger partial charge in [0.05, 0.1) is 31.4 Å². The molecule has 0 aliphatic carbocycles. The summed E-state index contributed by atoms with van der Waals surface area (Å²) in [5.74, 6) is 3.47. The summed E-state index contributed by atoms with van der Waals surface area (Å²) in [6, 6.07) is 19.3. The fraction of sp³-hybridized carbons (Fsp3) is 0.333. The number of fused-ring (bicyclic) bond motifs is 1. The summed E-state index contributed by atoms with van der Waals surface area (Å²) in [6.07, 6.45) is 0.779. The van der Waals surface area contributed by atoms with Crippen LogP contribution in [-0.4, -0.2) is 35.8 Å². The minimum atomic E-state index is -0.233. The molecule has 1 aromatic heterocycles. The van der Waals surface area contributed by atoms with Crippen LogP contribution < -0.4 is 18.9 Å². The van der Waals surface area contributed by atoms with Crippen LogP contribution in [0.3, 0.4) is 0 Å². The number of carbonyl (C=O) groups excluding carboxylic acids is 1. The molecule has 1 heterocycles. The van der Waals surface area contributed by atoms with Crippen molar-refractivity contribution in [1.29, 1.82) is 0 Å². The van der Waals surface area contributed by atoms with Gasteiger partial charge in [-0.25, -0.2) is 4.98 Å². The van der Waals surface area contributed by atoms with E-state index in [0.717, 1.165) is 39.5 Å². The fourth-order valence-electron chi connectivity index (χ4n) is 4.07. The predicted molar refractivity (Wildman–Crippen MR) is 145 cm³/mol. The first-order chi connectivity index (χ1) is 18.5. The van der Waals surface area contributed by atoms with Crippen molar-refractivity contribution in [2.75, 3.05) is 20.3 Å². The molecule has 8 nitrogen and oxygen atoms in total. The lowest BCUT2D eigenvalue weighted by Gasteiger charge is -2.14. The number of ether oxygens (including phenoxy) is 5. The molecule has 0 aliphatic heterocycles. The van der Waals surface area contributed by atoms with Gasteiger partial charge in [-0.1, -0.05) is 18.2 Å². The van der Waals surface area contributed by atoms with Crippen molar-refractivity contribution in [1.82, 2.24) is 9.55 Å². The van der Waals surface area contributed by atoms with E-state index in [1.54, 1.807) is 14.0 Å². The minimum absolute atomic E-state index is 0.233. The first-order valence-electron chi connectivity index (χ1n) is 12.8. The Hall–Kier alpha value is -4.20. The van der Waals surface area contributed by atoms with Crippen LogP contribution in [0.15, 0.2) is 60.7 Å². The van der Waals surface area contributed by atoms with E-state index >= 15 is 0 Å². The van der Waals surface area contributed by atoms with E-state index in [2.05, 4.69) is 0 Å². The van der Waals surface area contributed by atoms with Crippen molar-refractivity contribution >= 4 is 17.0 Å². The number of methoxy groups -OCH3 is 1. The molecule has 0 atom stereocenters. The zero-order valence-electron chi connectivity index (χ0n) is 22.4. The standard InChI is InChI=1S/C30H34N2O6/c1-5-35-23-11-7-21(8-12-23)19-38-28-18-25(13-9-22(28)10-16-30(33)36-6-2)37-20-29-31-26-15-14-24(34-4)17-27(26)32(29)3/h7-9,11-15,17-18H,5-6,10,16,19-20H2,1-4H3. The second kappa shape index (κ2) is 12.9. The lowest BCUT2D eigenvalue weighted by atomic mass is 10.1. The van der Waals surface area contributed by atoms with Crippen LogP contribution >= 0.6 is 0 Å². The first-order valence-corrected chi connectivity index (χ1v) is 12.8. The highest BCUT2D eigenvalue weighted by Crippen LogP contribution is 2.29. The largest absolute Gasteiger partial charge is 0.497 e. The molecule has 4 rings (SSSR count). The summed E-state index contributed by atoms with van der Waals surface area (Å²) < 4.78 is 30.3. The van der Waals surface area contributed by atoms with Gasteiger partial charge in [0.2, 0.25) is 0 Å². The molecule has 3 aromatic carbocycles. The third kappa shape index (κ3) is 6.76. The number of benzene rings is 3. The van der Waals surface area contributed by atoms with Gasteiger partial charge in [0.15, 0.2) is 0 Å². The maximum absolute atomic E-state index is 11.9. The highest BCUT2D eigenvalue weighted by molar-refractivity contribution is 5.77. The first kappa shape index (κ1) is 26.9. The third-order valence-electron chi connectivity index (χ3n) is 6.12. The molecule has 38 heavy (non-hydrogen) atoms. The normalized spacial score (nSPS) is 10.8. The Morgan fingerprint density at radius 1 is 0.842 bits per heavy atom. The van der Waals surface area contributed by atoms with Gasteiger partial charge in [-0.05, 0) is 61.7 Å². The Kier molecular flexibility index (Phi) is 9.08. The molecule has 0 amide bonds. The van der Waals surface area contributed by atoms with E-state index in [1.165, 1.54) is 0 Å². The van der Waals surface area contributed by atoms with Crippen LogP contribution in [0.2, 0.25) is 0 Å². The van der Waals surface area contributed by atoms with Gasteiger partial charge in [-0.3, -0.25) is 4.79 Å². The molecule has 4 aromatic rings. The van der Waals surface area contributed by atoms with Gasteiger partial charge in [0.25, 0.3) is 0 Å². The van der Waals surface area contributed by atoms with Gasteiger partial charge in [0, 0.05) is 25.6 Å². The molecule has 0 aliphatic rings. The lowest BCUT2D eigenvalue weighted by molar-refractivity contribution is -0.143. The number of nitrogens with zero attached hydrogens (tertiary/aromatic N) is 2. The SMILES string of the molecule is CCOC(=O)CCc1ccc(OCc2nc3ccc(OC)cc3n2C)cc1OCc1ccc(OCC)cc1. The number of rotatable bonds is 13. The highest BCUT2D eigenvalue weighted by atomic mass is 16.5. The molecule has 0 N–H and O–H groups in total. The van der Waals surface area contributed by atoms with E-state index in [1.807, 2.05) is 79.2 Å². The monoisotopic (exact) mass is 518 g/mol. The van der Waals surface area contributed by atoms with E-state index in [9.17, 15) is 4.79 Å². The number of hydrogen-bond donors (Lipinski definition) is 0. The summed E-state index contributed by atoms with van der Waals surface area (Å²) in [7, 11) is 3.60. The number of imidazole rings is 1. The van der Waals surface area contributed by atoms with Gasteiger partial charge >= 0.3 is 5.97 Å². The summed E-state index contributed by atoms with van der Waals surface area (Å²) in [6.45, 7) is 5.40. The smallest absolute Gasteiger partial charge is 0.306 e. The number of esters is 1. The van der Waals surface area contributed by atoms with Crippen molar-refractivity contribution in [3.63, 3.8) is 0 Å². The van der Waals surface area contributed by atoms with Crippen LogP contribution in [0.4, 0.5) is 0 Å². The van der Waals surface area contributed by atoms with Gasteiger partial charge in [-0.15, -0.1) is 0 Å². The summed E-state index contributed by atoms with van der Waals surface area (Å²) in [4.78, 5) is 16.6. The molecule has 0 unspecified atom stereocenters. The van der Waals surface area contributed by atoms with Crippen LogP contribution in [0.5, 0.6) is 23.0 Å². The molecule has 0 saturated carbocycles. The van der Waals surface area contributed by atoms with Crippen LogP contribution in [0.1, 0.15) is 37.2 Å². The van der Waals surface area contributed by atoms with Crippen LogP contribution in [-0.2, 0) is 36.2 Å². The minimum Gasteiger partial charge on any atom is -0.497 e. The fourth-order valence-corrected chi connectivity index (χ4v) is 4.07. The molecule has 200 valence electrons. The average molecular weight is 519 g/mol. The predicted octanol–water partition coefficient (Wildman–Crippen LogP) is 5.63. The van der Waals surface area contributed by atoms with Gasteiger partial charge < -0.3 is 28.3 Å². The van der Waals surface area contributed by atoms with E-state index in [-0.39, 0.29) is 19.0 Å². The van der Waals surface area contributed by atoms with Crippen LogP contribution in [0, 0.1) is 0 Å². The second-order valence-corrected chi connectivity index (χ2v) is 8.67. The van der Waals surface area contributed by atoms with Gasteiger partial charge in [-0.2, -0.15) is 0 Å². The van der Waals surface area contributed by atoms with E-state index in [0.29, 0.717) is 37.7 Å². The Balaban J connectivity index is 1.49. The molecule has 0 fully saturated rings. The van der Waals surface area contributed by atoms with Crippen LogP contribution in [0.25, 0.3) is 11.0 Å². The quantitative estimate of drug-likeness (QED) is 0.212. The maximum atomic E-state index is 11.9. The van der Waals surface area contributed by atoms with E-state index < -0.39 is 0 Å². The molecule has 0 radical (unpaired) electrons. The second-order valence-electron chi connectivity index (χ2n) is 8.67. The number of hydrogen-bond acceptors (Lipinski definition) is 7. The summed E-state index contributed by atoms with van der Waals surface area (Å²) in [5, 5.41) is 0. The highest BCUT2D eigenvalue weighted by Gasteiger charge is 2.13. The van der Waals surface area contributed by atoms with Crippen molar-refractivity contribution in [2.45, 2.75) is 39.9 Å². The molecule has 8 heteroatoms. The van der Waals surface area contributed by atoms with Gasteiger partial charge in [0.1, 0.15) is 42.0 Å². The third-order valence-corrected chi connectivity index (χ3v) is 6.12. The zero-order chi connectivity index (χ0) is 26.9. The van der Waals surface area contributed by atoms with Crippen molar-refractivity contribution in [2.24, 2.45) is 7.05 Å². The molecular formula is C30H34N2O6. The average Bonchev–Trinajstić information content (AvgIpc) is 3.25. The Bertz CT molecular complexity index is 1360. The van der Waals surface area contributed by atoms with Crippen molar-refractivity contribution in [3.8, 4) is 23.0 Å². The zero-order valence-corrected chi connectivity index (χ0v) is 22.4. The maximum Gasteiger partial charge on any atom is 0.306 e. The van der Waals surface area contributed by atoms with E-state index in [4.69, 9.17) is 28.7 Å². The Labute approximate surface area is 223 Å². The number of carbonyl (C=O) groups is 1. The topological polar surface area (TPSA) is 81.0 Å². The van der Waals surface area contributed by atoms with Crippen molar-refractivity contribution in [3.05, 3.63) is 77.6 Å². The van der Waals surface area contributed by atoms with Crippen molar-refractivity contribution < 1.29 is 28.5 Å². The molecular weight excluding hydrogens is 484 g/mol. The molecule has 0 bridgehead atoms. The molecule has 0 saturated heterocycles. The Morgan fingerprint density at radius 2 is 1.61 bits per heavy atom. The number of aryl methyl sites for hydroxylation is 2. The number of aromatic nitrogens is 2. The molecule has 0 spiro atoms. The summed E-state index contributed by atoms with van der Waals surface area (Å²) >= 11 is 0. The summed E-state index contributed by atoms with van der Waals surface area (Å²) in [5.41, 5.74) is 3.76. The Morgan fingerprint density at radius 3 is 2.34 bits per heavy atom. The lowest BCUT2D eigenvalue weighted by Crippen LogP contribution is -2.07.